The Bertz CT molecular complexity index is 1570. The molecule has 1 N–H and O–H groups in total. The monoisotopic (exact) mass is 596 g/mol. The second kappa shape index (κ2) is 11.1. The Morgan fingerprint density at radius 3 is 2.45 bits per heavy atom. The molecule has 3 aromatic carbocycles. The number of benzene rings is 3. The van der Waals surface area contributed by atoms with Crippen LogP contribution in [0.1, 0.15) is 36.5 Å². The van der Waals surface area contributed by atoms with Crippen LogP contribution >= 0.6 is 11.6 Å². The molecule has 0 spiro atoms. The number of hydrogen-bond acceptors (Lipinski definition) is 4. The van der Waals surface area contributed by atoms with E-state index in [1.165, 1.54) is 12.1 Å². The maximum atomic E-state index is 14.5. The fourth-order valence-electron chi connectivity index (χ4n) is 4.70. The van der Waals surface area contributed by atoms with Gasteiger partial charge >= 0.3 is 12.1 Å². The molecule has 0 saturated heterocycles. The summed E-state index contributed by atoms with van der Waals surface area (Å²) in [7, 11) is -2.81. The van der Waals surface area contributed by atoms with Crippen LogP contribution in [0, 0.1) is 5.82 Å². The Morgan fingerprint density at radius 2 is 1.80 bits per heavy atom. The SMILES string of the molecule is C/C(=C\c1ccc2c(c1)N(S(=O)(=O)c1cccc(C(F)(F)F)c1)C[C@H](CCC(=O)O)N2C)c1c(F)cccc1Cl. The maximum absolute atomic E-state index is 14.5. The van der Waals surface area contributed by atoms with Gasteiger partial charge in [-0.2, -0.15) is 13.2 Å². The average molecular weight is 597 g/mol. The van der Waals surface area contributed by atoms with Gasteiger partial charge < -0.3 is 10.0 Å². The number of alkyl halides is 3. The number of fused-ring (bicyclic) bond motifs is 1. The molecule has 40 heavy (non-hydrogen) atoms. The molecule has 0 bridgehead atoms. The summed E-state index contributed by atoms with van der Waals surface area (Å²) < 4.78 is 83.3. The number of anilines is 2. The first-order chi connectivity index (χ1) is 18.7. The van der Waals surface area contributed by atoms with E-state index in [4.69, 9.17) is 11.6 Å². The normalized spacial score (nSPS) is 16.2. The lowest BCUT2D eigenvalue weighted by Gasteiger charge is -2.42. The van der Waals surface area contributed by atoms with Crippen LogP contribution in [0.5, 0.6) is 0 Å². The molecule has 212 valence electrons. The van der Waals surface area contributed by atoms with Gasteiger partial charge in [0.25, 0.3) is 10.0 Å². The molecular formula is C28H25ClF4N2O4S. The summed E-state index contributed by atoms with van der Waals surface area (Å²) in [4.78, 5) is 12.4. The zero-order chi connectivity index (χ0) is 29.4. The van der Waals surface area contributed by atoms with Crippen LogP contribution in [0.2, 0.25) is 5.02 Å². The van der Waals surface area contributed by atoms with Gasteiger partial charge in [-0.05, 0) is 66.9 Å². The van der Waals surface area contributed by atoms with Gasteiger partial charge in [0, 0.05) is 25.1 Å². The van der Waals surface area contributed by atoms with E-state index in [1.54, 1.807) is 49.2 Å². The molecule has 1 atom stereocenters. The van der Waals surface area contributed by atoms with Crippen molar-refractivity contribution in [1.82, 2.24) is 0 Å². The average Bonchev–Trinajstić information content (AvgIpc) is 2.87. The topological polar surface area (TPSA) is 77.9 Å². The van der Waals surface area contributed by atoms with Crippen molar-refractivity contribution in [3.63, 3.8) is 0 Å². The van der Waals surface area contributed by atoms with Gasteiger partial charge in [-0.3, -0.25) is 9.10 Å². The number of halogens is 5. The molecule has 0 fully saturated rings. The molecule has 6 nitrogen and oxygen atoms in total. The third kappa shape index (κ3) is 5.95. The van der Waals surface area contributed by atoms with Gasteiger partial charge in [0.15, 0.2) is 0 Å². The minimum Gasteiger partial charge on any atom is -0.481 e. The van der Waals surface area contributed by atoms with Gasteiger partial charge in [0.05, 0.1) is 33.4 Å². The zero-order valence-electron chi connectivity index (χ0n) is 21.4. The van der Waals surface area contributed by atoms with E-state index in [0.717, 1.165) is 22.5 Å². The van der Waals surface area contributed by atoms with E-state index < -0.39 is 44.5 Å². The number of sulfonamides is 1. The number of rotatable bonds is 7. The van der Waals surface area contributed by atoms with Gasteiger partial charge in [-0.1, -0.05) is 35.9 Å². The molecule has 0 radical (unpaired) electrons. The molecule has 3 aromatic rings. The van der Waals surface area contributed by atoms with Crippen LogP contribution < -0.4 is 9.21 Å². The molecule has 1 aliphatic heterocycles. The minimum atomic E-state index is -4.75. The number of carbonyl (C=O) groups is 1. The largest absolute Gasteiger partial charge is 0.481 e. The molecule has 0 amide bonds. The summed E-state index contributed by atoms with van der Waals surface area (Å²) in [5.41, 5.74) is 0.667. The second-order valence-electron chi connectivity index (χ2n) is 9.43. The summed E-state index contributed by atoms with van der Waals surface area (Å²) in [6.07, 6.45) is -3.26. The van der Waals surface area contributed by atoms with Crippen molar-refractivity contribution in [1.29, 1.82) is 0 Å². The number of nitrogens with zero attached hydrogens (tertiary/aromatic N) is 2. The minimum absolute atomic E-state index is 0.104. The van der Waals surface area contributed by atoms with E-state index in [-0.39, 0.29) is 35.7 Å². The molecule has 1 aliphatic rings. The highest BCUT2D eigenvalue weighted by atomic mass is 35.5. The summed E-state index contributed by atoms with van der Waals surface area (Å²) in [6, 6.07) is 12.0. The Morgan fingerprint density at radius 1 is 1.10 bits per heavy atom. The lowest BCUT2D eigenvalue weighted by Crippen LogP contribution is -2.49. The number of allylic oxidation sites excluding steroid dienone is 1. The molecule has 0 unspecified atom stereocenters. The molecular weight excluding hydrogens is 572 g/mol. The number of carboxylic acids is 1. The smallest absolute Gasteiger partial charge is 0.416 e. The fraction of sp³-hybridized carbons (Fsp3) is 0.250. The van der Waals surface area contributed by atoms with Gasteiger partial charge in [0.1, 0.15) is 5.82 Å². The van der Waals surface area contributed by atoms with E-state index in [1.807, 2.05) is 0 Å². The lowest BCUT2D eigenvalue weighted by molar-refractivity contribution is -0.138. The van der Waals surface area contributed by atoms with Crippen molar-refractivity contribution >= 4 is 50.6 Å². The molecule has 1 heterocycles. The third-order valence-corrected chi connectivity index (χ3v) is 8.84. The van der Waals surface area contributed by atoms with Crippen LogP contribution in [0.4, 0.5) is 28.9 Å². The number of carboxylic acid groups (broad SMARTS) is 1. The van der Waals surface area contributed by atoms with Crippen LogP contribution in [0.3, 0.4) is 0 Å². The van der Waals surface area contributed by atoms with Crippen LogP contribution in [0.15, 0.2) is 65.6 Å². The highest BCUT2D eigenvalue weighted by molar-refractivity contribution is 7.92. The first-order valence-corrected chi connectivity index (χ1v) is 13.9. The van der Waals surface area contributed by atoms with E-state index >= 15 is 0 Å². The predicted molar refractivity (Wildman–Crippen MR) is 146 cm³/mol. The highest BCUT2D eigenvalue weighted by Gasteiger charge is 2.38. The van der Waals surface area contributed by atoms with Crippen molar-refractivity contribution in [2.75, 3.05) is 22.8 Å². The van der Waals surface area contributed by atoms with Crippen molar-refractivity contribution in [3.8, 4) is 0 Å². The molecule has 0 aliphatic carbocycles. The number of likely N-dealkylation sites (N-methyl/N-ethyl adjacent to an activating group) is 1. The van der Waals surface area contributed by atoms with Gasteiger partial charge in [-0.15, -0.1) is 0 Å². The summed E-state index contributed by atoms with van der Waals surface area (Å²) in [5.74, 6) is -1.59. The zero-order valence-corrected chi connectivity index (χ0v) is 23.0. The molecule has 0 saturated carbocycles. The first-order valence-electron chi connectivity index (χ1n) is 12.1. The standard InChI is InChI=1S/C28H25ClF4N2O4S/c1-17(27-22(29)7-4-8-23(27)30)13-18-9-11-24-25(14-18)35(16-20(34(24)2)10-12-26(36)37)40(38,39)21-6-3-5-19(15-21)28(31,32)33/h3-9,11,13-15,20H,10,12,16H2,1-2H3,(H,36,37)/b17-13+/t20-/m0/s1. The fourth-order valence-corrected chi connectivity index (χ4v) is 6.56. The lowest BCUT2D eigenvalue weighted by atomic mass is 10.0. The molecule has 0 aromatic heterocycles. The second-order valence-corrected chi connectivity index (χ2v) is 11.7. The van der Waals surface area contributed by atoms with Crippen molar-refractivity contribution in [2.24, 2.45) is 0 Å². The number of aliphatic carboxylic acids is 1. The van der Waals surface area contributed by atoms with Crippen molar-refractivity contribution in [3.05, 3.63) is 88.2 Å². The summed E-state index contributed by atoms with van der Waals surface area (Å²) in [6.45, 7) is 1.45. The molecule has 12 heteroatoms. The Balaban J connectivity index is 1.84. The van der Waals surface area contributed by atoms with Crippen molar-refractivity contribution in [2.45, 2.75) is 36.9 Å². The predicted octanol–water partition coefficient (Wildman–Crippen LogP) is 6.94. The van der Waals surface area contributed by atoms with E-state index in [2.05, 4.69) is 0 Å². The van der Waals surface area contributed by atoms with E-state index in [9.17, 15) is 35.9 Å². The quantitative estimate of drug-likeness (QED) is 0.236. The van der Waals surface area contributed by atoms with E-state index in [0.29, 0.717) is 22.9 Å². The maximum Gasteiger partial charge on any atom is 0.416 e. The highest BCUT2D eigenvalue weighted by Crippen LogP contribution is 2.41. The summed E-state index contributed by atoms with van der Waals surface area (Å²) >= 11 is 6.19. The summed E-state index contributed by atoms with van der Waals surface area (Å²) in [5, 5.41) is 9.39. The Kier molecular flexibility index (Phi) is 8.18. The first kappa shape index (κ1) is 29.4. The third-order valence-electron chi connectivity index (χ3n) is 6.75. The van der Waals surface area contributed by atoms with Crippen LogP contribution in [-0.2, 0) is 21.0 Å². The van der Waals surface area contributed by atoms with Crippen LogP contribution in [-0.4, -0.2) is 39.1 Å². The van der Waals surface area contributed by atoms with Crippen molar-refractivity contribution < 1.29 is 35.9 Å². The molecule has 4 rings (SSSR count). The van der Waals surface area contributed by atoms with Crippen LogP contribution in [0.25, 0.3) is 11.6 Å². The Labute approximate surface area is 234 Å². The van der Waals surface area contributed by atoms with Gasteiger partial charge in [0.2, 0.25) is 0 Å². The van der Waals surface area contributed by atoms with Gasteiger partial charge in [-0.25, -0.2) is 12.8 Å². The Hall–Kier alpha value is -3.57. The number of hydrogen-bond donors (Lipinski definition) is 1.